The topological polar surface area (TPSA) is 76.5 Å². The molecular weight excluding hydrogens is 190 g/mol. The number of rotatable bonds is 1. The predicted octanol–water partition coefficient (Wildman–Crippen LogP) is 2.08. The maximum atomic E-state index is 10.6. The zero-order valence-corrected chi connectivity index (χ0v) is 7.64. The number of aromatic carboxylic acids is 1. The van der Waals surface area contributed by atoms with Crippen molar-refractivity contribution in [3.63, 3.8) is 0 Å². The van der Waals surface area contributed by atoms with Gasteiger partial charge in [0.1, 0.15) is 11.3 Å². The molecule has 3 N–H and O–H groups in total. The van der Waals surface area contributed by atoms with E-state index in [1.54, 1.807) is 6.07 Å². The van der Waals surface area contributed by atoms with Crippen molar-refractivity contribution in [1.82, 2.24) is 0 Å². The van der Waals surface area contributed by atoms with Gasteiger partial charge in [-0.05, 0) is 13.0 Å². The predicted molar refractivity (Wildman–Crippen MR) is 50.2 cm³/mol. The minimum absolute atomic E-state index is 0.166. The van der Waals surface area contributed by atoms with Gasteiger partial charge in [-0.3, -0.25) is 0 Å². The van der Waals surface area contributed by atoms with Crippen molar-refractivity contribution in [2.45, 2.75) is 6.92 Å². The van der Waals surface area contributed by atoms with Gasteiger partial charge in [0, 0.05) is 4.88 Å². The van der Waals surface area contributed by atoms with Crippen LogP contribution in [0.25, 0.3) is 10.3 Å². The fraction of sp³-hybridized carbons (Fsp3) is 0.125. The number of hydrogen-bond donors (Lipinski definition) is 2. The van der Waals surface area contributed by atoms with Gasteiger partial charge in [-0.15, -0.1) is 11.3 Å². The van der Waals surface area contributed by atoms with Crippen LogP contribution in [0.1, 0.15) is 15.4 Å². The summed E-state index contributed by atoms with van der Waals surface area (Å²) in [6.07, 6.45) is 0. The number of nitrogen functional groups attached to an aromatic ring is 1. The van der Waals surface area contributed by atoms with Gasteiger partial charge in [-0.25, -0.2) is 4.79 Å². The van der Waals surface area contributed by atoms with Gasteiger partial charge >= 0.3 is 5.97 Å². The fourth-order valence-electron chi connectivity index (χ4n) is 1.18. The van der Waals surface area contributed by atoms with Crippen molar-refractivity contribution in [3.8, 4) is 0 Å². The monoisotopic (exact) mass is 197 g/mol. The third-order valence-corrected chi connectivity index (χ3v) is 2.78. The van der Waals surface area contributed by atoms with Gasteiger partial charge in [-0.2, -0.15) is 0 Å². The number of carboxylic acids is 1. The summed E-state index contributed by atoms with van der Waals surface area (Å²) in [5.41, 5.74) is 6.36. The van der Waals surface area contributed by atoms with Crippen molar-refractivity contribution in [2.24, 2.45) is 0 Å². The first-order valence-electron chi connectivity index (χ1n) is 3.61. The molecule has 0 radical (unpaired) electrons. The Morgan fingerprint density at radius 1 is 1.69 bits per heavy atom. The highest BCUT2D eigenvalue weighted by Gasteiger charge is 2.18. The summed E-state index contributed by atoms with van der Waals surface area (Å²) < 4.78 is 5.78. The number of carboxylic acid groups (broad SMARTS) is 1. The molecule has 0 atom stereocenters. The second kappa shape index (κ2) is 2.50. The average Bonchev–Trinajstić information content (AvgIpc) is 2.51. The molecule has 0 saturated carbocycles. The summed E-state index contributed by atoms with van der Waals surface area (Å²) in [6, 6.07) is 1.78. The van der Waals surface area contributed by atoms with E-state index in [-0.39, 0.29) is 11.4 Å². The number of aryl methyl sites for hydroxylation is 1. The van der Waals surface area contributed by atoms with Gasteiger partial charge in [0.05, 0.1) is 4.70 Å². The SMILES string of the molecule is Cc1cc2oc(C(=O)O)c(N)c2s1. The van der Waals surface area contributed by atoms with Crippen molar-refractivity contribution in [2.75, 3.05) is 5.73 Å². The maximum absolute atomic E-state index is 10.6. The third-order valence-electron chi connectivity index (χ3n) is 1.72. The number of nitrogens with two attached hydrogens (primary N) is 1. The normalized spacial score (nSPS) is 10.8. The Labute approximate surface area is 77.6 Å². The number of furan rings is 1. The number of hydrogen-bond acceptors (Lipinski definition) is 4. The van der Waals surface area contributed by atoms with E-state index in [9.17, 15) is 4.79 Å². The Kier molecular flexibility index (Phi) is 1.56. The van der Waals surface area contributed by atoms with Crippen molar-refractivity contribution in [3.05, 3.63) is 16.7 Å². The minimum atomic E-state index is -1.13. The number of fused-ring (bicyclic) bond motifs is 1. The van der Waals surface area contributed by atoms with Gasteiger partial charge < -0.3 is 15.3 Å². The standard InChI is InChI=1S/C8H7NO3S/c1-3-2-4-7(13-3)5(9)6(12-4)8(10)11/h2H,9H2,1H3,(H,10,11). The summed E-state index contributed by atoms with van der Waals surface area (Å²) in [5, 5.41) is 8.69. The molecule has 5 heteroatoms. The van der Waals surface area contributed by atoms with E-state index in [0.29, 0.717) is 5.58 Å². The van der Waals surface area contributed by atoms with Crippen LogP contribution in [0.4, 0.5) is 5.69 Å². The molecule has 2 aromatic heterocycles. The molecule has 0 unspecified atom stereocenters. The van der Waals surface area contributed by atoms with E-state index in [2.05, 4.69) is 0 Å². The maximum Gasteiger partial charge on any atom is 0.374 e. The van der Waals surface area contributed by atoms with Crippen molar-refractivity contribution in [1.29, 1.82) is 0 Å². The summed E-state index contributed by atoms with van der Waals surface area (Å²) in [7, 11) is 0. The highest BCUT2D eigenvalue weighted by Crippen LogP contribution is 2.34. The molecule has 0 saturated heterocycles. The van der Waals surface area contributed by atoms with E-state index in [1.807, 2.05) is 6.92 Å². The lowest BCUT2D eigenvalue weighted by Crippen LogP contribution is -1.97. The quantitative estimate of drug-likeness (QED) is 0.733. The van der Waals surface area contributed by atoms with E-state index in [4.69, 9.17) is 15.3 Å². The third kappa shape index (κ3) is 1.08. The van der Waals surface area contributed by atoms with Crippen molar-refractivity contribution < 1.29 is 14.3 Å². The fourth-order valence-corrected chi connectivity index (χ4v) is 2.07. The summed E-state index contributed by atoms with van der Waals surface area (Å²) in [5.74, 6) is -1.29. The molecule has 2 rings (SSSR count). The molecule has 0 aliphatic carbocycles. The first kappa shape index (κ1) is 8.12. The molecule has 0 aliphatic heterocycles. The molecule has 2 heterocycles. The zero-order chi connectivity index (χ0) is 9.59. The smallest absolute Gasteiger partial charge is 0.374 e. The van der Waals surface area contributed by atoms with E-state index >= 15 is 0 Å². The van der Waals surface area contributed by atoms with Gasteiger partial charge in [0.25, 0.3) is 0 Å². The summed E-state index contributed by atoms with van der Waals surface area (Å²) in [4.78, 5) is 11.7. The minimum Gasteiger partial charge on any atom is -0.475 e. The number of thiophene rings is 1. The summed E-state index contributed by atoms with van der Waals surface area (Å²) >= 11 is 1.43. The molecular formula is C8H7NO3S. The highest BCUT2D eigenvalue weighted by molar-refractivity contribution is 7.19. The second-order valence-corrected chi connectivity index (χ2v) is 3.96. The molecule has 0 aromatic carbocycles. The lowest BCUT2D eigenvalue weighted by Gasteiger charge is -1.88. The van der Waals surface area contributed by atoms with E-state index in [1.165, 1.54) is 11.3 Å². The molecule has 2 aromatic rings. The Bertz CT molecular complexity index is 483. The van der Waals surface area contributed by atoms with Crippen molar-refractivity contribution >= 4 is 33.3 Å². The van der Waals surface area contributed by atoms with E-state index < -0.39 is 5.97 Å². The highest BCUT2D eigenvalue weighted by atomic mass is 32.1. The van der Waals surface area contributed by atoms with Crippen LogP contribution in [0, 0.1) is 6.92 Å². The van der Waals surface area contributed by atoms with Crippen LogP contribution in [0.5, 0.6) is 0 Å². The van der Waals surface area contributed by atoms with Gasteiger partial charge in [0.15, 0.2) is 0 Å². The molecule has 0 spiro atoms. The summed E-state index contributed by atoms with van der Waals surface area (Å²) in [6.45, 7) is 1.92. The Balaban J connectivity index is 2.76. The zero-order valence-electron chi connectivity index (χ0n) is 6.83. The van der Waals surface area contributed by atoms with Gasteiger partial charge in [-0.1, -0.05) is 0 Å². The molecule has 0 fully saturated rings. The second-order valence-electron chi connectivity index (χ2n) is 2.70. The lowest BCUT2D eigenvalue weighted by atomic mass is 10.4. The van der Waals surface area contributed by atoms with Gasteiger partial charge in [0.2, 0.25) is 5.76 Å². The van der Waals surface area contributed by atoms with E-state index in [0.717, 1.165) is 9.58 Å². The van der Waals surface area contributed by atoms with Crippen LogP contribution >= 0.6 is 11.3 Å². The average molecular weight is 197 g/mol. The molecule has 0 bridgehead atoms. The van der Waals surface area contributed by atoms with Crippen LogP contribution in [-0.2, 0) is 0 Å². The first-order valence-corrected chi connectivity index (χ1v) is 4.43. The Hall–Kier alpha value is -1.49. The van der Waals surface area contributed by atoms with Crippen LogP contribution in [0.15, 0.2) is 10.5 Å². The molecule has 68 valence electrons. The van der Waals surface area contributed by atoms with Crippen LogP contribution in [0.3, 0.4) is 0 Å². The van der Waals surface area contributed by atoms with Crippen LogP contribution < -0.4 is 5.73 Å². The van der Waals surface area contributed by atoms with Crippen LogP contribution in [-0.4, -0.2) is 11.1 Å². The molecule has 4 nitrogen and oxygen atoms in total. The molecule has 0 aliphatic rings. The first-order chi connectivity index (χ1) is 6.09. The number of carbonyl (C=O) groups is 1. The number of anilines is 1. The lowest BCUT2D eigenvalue weighted by molar-refractivity contribution is 0.0666. The molecule has 0 amide bonds. The Morgan fingerprint density at radius 2 is 2.38 bits per heavy atom. The Morgan fingerprint density at radius 3 is 2.92 bits per heavy atom. The molecule has 13 heavy (non-hydrogen) atoms. The van der Waals surface area contributed by atoms with Crippen LogP contribution in [0.2, 0.25) is 0 Å². The largest absolute Gasteiger partial charge is 0.475 e.